The Bertz CT molecular complexity index is 864. The molecule has 3 aromatic rings. The zero-order valence-electron chi connectivity index (χ0n) is 14.9. The van der Waals surface area contributed by atoms with Crippen LogP contribution in [0.15, 0.2) is 53.7 Å². The molecular weight excluding hydrogens is 328 g/mol. The van der Waals surface area contributed by atoms with Gasteiger partial charge in [-0.05, 0) is 29.7 Å². The average Bonchev–Trinajstić information content (AvgIpc) is 3.12. The van der Waals surface area contributed by atoms with Crippen LogP contribution in [0, 0.1) is 0 Å². The van der Waals surface area contributed by atoms with Crippen LogP contribution in [-0.4, -0.2) is 18.0 Å². The van der Waals surface area contributed by atoms with E-state index in [9.17, 15) is 0 Å². The number of nitrogens with one attached hydrogen (secondary N) is 2. The summed E-state index contributed by atoms with van der Waals surface area (Å²) >= 11 is 1.75. The molecule has 5 heteroatoms. The van der Waals surface area contributed by atoms with E-state index in [0.717, 1.165) is 17.4 Å². The molecule has 0 spiro atoms. The van der Waals surface area contributed by atoms with Crippen molar-refractivity contribution >= 4 is 28.1 Å². The number of aromatic nitrogens is 1. The zero-order chi connectivity index (χ0) is 17.6. The fourth-order valence-corrected chi connectivity index (χ4v) is 3.66. The molecule has 1 atom stereocenters. The van der Waals surface area contributed by atoms with Gasteiger partial charge >= 0.3 is 0 Å². The molecule has 130 valence electrons. The Morgan fingerprint density at radius 1 is 1.20 bits per heavy atom. The van der Waals surface area contributed by atoms with Gasteiger partial charge in [-0.2, -0.15) is 0 Å². The van der Waals surface area contributed by atoms with E-state index in [4.69, 9.17) is 0 Å². The van der Waals surface area contributed by atoms with Crippen LogP contribution in [0.4, 0.5) is 0 Å². The average molecular weight is 353 g/mol. The van der Waals surface area contributed by atoms with Crippen molar-refractivity contribution in [3.05, 3.63) is 64.1 Å². The first-order chi connectivity index (χ1) is 12.2. The number of thiazole rings is 1. The Morgan fingerprint density at radius 3 is 2.76 bits per heavy atom. The highest BCUT2D eigenvalue weighted by atomic mass is 32.1. The quantitative estimate of drug-likeness (QED) is 0.532. The van der Waals surface area contributed by atoms with Gasteiger partial charge in [-0.15, -0.1) is 11.3 Å². The lowest BCUT2D eigenvalue weighted by Crippen LogP contribution is -2.38. The van der Waals surface area contributed by atoms with Crippen molar-refractivity contribution in [2.24, 2.45) is 4.99 Å². The van der Waals surface area contributed by atoms with Crippen LogP contribution in [-0.2, 0) is 13.0 Å². The number of hydrogen-bond acceptors (Lipinski definition) is 3. The number of hydrogen-bond donors (Lipinski definition) is 2. The summed E-state index contributed by atoms with van der Waals surface area (Å²) in [6.45, 7) is 5.00. The Balaban J connectivity index is 1.68. The van der Waals surface area contributed by atoms with E-state index in [0.29, 0.717) is 6.54 Å². The number of aryl methyl sites for hydroxylation is 1. The summed E-state index contributed by atoms with van der Waals surface area (Å²) in [6.07, 6.45) is 2.99. The van der Waals surface area contributed by atoms with Gasteiger partial charge in [-0.3, -0.25) is 4.99 Å². The Morgan fingerprint density at radius 2 is 2.00 bits per heavy atom. The molecule has 0 saturated heterocycles. The second-order valence-corrected chi connectivity index (χ2v) is 7.13. The van der Waals surface area contributed by atoms with E-state index in [-0.39, 0.29) is 6.04 Å². The summed E-state index contributed by atoms with van der Waals surface area (Å²) in [5.41, 5.74) is 1.27. The highest BCUT2D eigenvalue weighted by Gasteiger charge is 2.11. The predicted octanol–water partition coefficient (Wildman–Crippen LogP) is 4.28. The van der Waals surface area contributed by atoms with Crippen LogP contribution in [0.25, 0.3) is 10.8 Å². The van der Waals surface area contributed by atoms with Gasteiger partial charge in [0.05, 0.1) is 12.6 Å². The van der Waals surface area contributed by atoms with E-state index in [1.54, 1.807) is 18.4 Å². The molecule has 0 fully saturated rings. The van der Waals surface area contributed by atoms with E-state index in [2.05, 4.69) is 76.9 Å². The molecule has 1 heterocycles. The number of nitrogens with zero attached hydrogens (tertiary/aromatic N) is 2. The second kappa shape index (κ2) is 8.12. The maximum Gasteiger partial charge on any atom is 0.191 e. The van der Waals surface area contributed by atoms with E-state index in [1.165, 1.54) is 21.2 Å². The van der Waals surface area contributed by atoms with Gasteiger partial charge in [0, 0.05) is 18.1 Å². The number of rotatable bonds is 5. The minimum absolute atomic E-state index is 0.153. The van der Waals surface area contributed by atoms with E-state index < -0.39 is 0 Å². The molecule has 1 unspecified atom stereocenters. The smallest absolute Gasteiger partial charge is 0.191 e. The predicted molar refractivity (Wildman–Crippen MR) is 107 cm³/mol. The van der Waals surface area contributed by atoms with Crippen molar-refractivity contribution in [3.63, 3.8) is 0 Å². The first-order valence-electron chi connectivity index (χ1n) is 8.59. The second-order valence-electron chi connectivity index (χ2n) is 5.93. The number of fused-ring (bicyclic) bond motifs is 1. The molecule has 0 amide bonds. The van der Waals surface area contributed by atoms with Gasteiger partial charge < -0.3 is 10.6 Å². The van der Waals surface area contributed by atoms with Crippen LogP contribution in [0.3, 0.4) is 0 Å². The van der Waals surface area contributed by atoms with Crippen molar-refractivity contribution in [2.75, 3.05) is 7.05 Å². The van der Waals surface area contributed by atoms with Crippen LogP contribution < -0.4 is 10.6 Å². The summed E-state index contributed by atoms with van der Waals surface area (Å²) < 4.78 is 0. The molecule has 0 aliphatic rings. The minimum atomic E-state index is 0.153. The highest BCUT2D eigenvalue weighted by molar-refractivity contribution is 7.11. The Hall–Kier alpha value is -2.40. The van der Waals surface area contributed by atoms with Gasteiger partial charge in [0.2, 0.25) is 0 Å². The summed E-state index contributed by atoms with van der Waals surface area (Å²) in [7, 11) is 1.80. The molecule has 0 aliphatic carbocycles. The molecule has 4 nitrogen and oxygen atoms in total. The maximum atomic E-state index is 4.44. The number of benzene rings is 2. The van der Waals surface area contributed by atoms with E-state index >= 15 is 0 Å². The van der Waals surface area contributed by atoms with Crippen molar-refractivity contribution in [1.82, 2.24) is 15.6 Å². The largest absolute Gasteiger partial charge is 0.350 e. The molecule has 0 bridgehead atoms. The number of aliphatic imine (C=N–C) groups is 1. The normalized spacial score (nSPS) is 13.0. The molecule has 0 aliphatic heterocycles. The third kappa shape index (κ3) is 4.17. The molecule has 3 rings (SSSR count). The van der Waals surface area contributed by atoms with Gasteiger partial charge in [0.25, 0.3) is 0 Å². The van der Waals surface area contributed by atoms with Crippen molar-refractivity contribution in [3.8, 4) is 0 Å². The van der Waals surface area contributed by atoms with Gasteiger partial charge in [0.1, 0.15) is 5.01 Å². The maximum absolute atomic E-state index is 4.44. The summed E-state index contributed by atoms with van der Waals surface area (Å²) in [4.78, 5) is 10.1. The molecule has 2 aromatic carbocycles. The van der Waals surface area contributed by atoms with Crippen LogP contribution in [0.1, 0.15) is 35.3 Å². The molecule has 0 saturated carbocycles. The molecule has 25 heavy (non-hydrogen) atoms. The number of guanidine groups is 1. The summed E-state index contributed by atoms with van der Waals surface area (Å²) in [5, 5.41) is 10.4. The minimum Gasteiger partial charge on any atom is -0.350 e. The van der Waals surface area contributed by atoms with Crippen molar-refractivity contribution < 1.29 is 0 Å². The van der Waals surface area contributed by atoms with Gasteiger partial charge in [-0.1, -0.05) is 49.4 Å². The Labute approximate surface area is 153 Å². The molecule has 1 aromatic heterocycles. The SMILES string of the molecule is CCc1cnc(CNC(=NC)NC(C)c2cccc3ccccc23)s1. The van der Waals surface area contributed by atoms with Crippen LogP contribution in [0.5, 0.6) is 0 Å². The lowest BCUT2D eigenvalue weighted by Gasteiger charge is -2.19. The standard InChI is InChI=1S/C20H24N4S/c1-4-16-12-22-19(25-16)13-23-20(21-3)24-14(2)17-11-7-9-15-8-5-6-10-18(15)17/h5-12,14H,4,13H2,1-3H3,(H2,21,23,24). The third-order valence-corrected chi connectivity index (χ3v) is 5.37. The monoisotopic (exact) mass is 352 g/mol. The lowest BCUT2D eigenvalue weighted by molar-refractivity contribution is 0.689. The summed E-state index contributed by atoms with van der Waals surface area (Å²) in [5.74, 6) is 0.786. The fraction of sp³-hybridized carbons (Fsp3) is 0.300. The van der Waals surface area contributed by atoms with Crippen molar-refractivity contribution in [2.45, 2.75) is 32.9 Å². The molecule has 0 radical (unpaired) electrons. The first-order valence-corrected chi connectivity index (χ1v) is 9.41. The topological polar surface area (TPSA) is 49.3 Å². The first kappa shape index (κ1) is 17.4. The highest BCUT2D eigenvalue weighted by Crippen LogP contribution is 2.24. The van der Waals surface area contributed by atoms with Crippen LogP contribution in [0.2, 0.25) is 0 Å². The fourth-order valence-electron chi connectivity index (χ4n) is 2.86. The summed E-state index contributed by atoms with van der Waals surface area (Å²) in [6, 6.07) is 15.0. The van der Waals surface area contributed by atoms with Gasteiger partial charge in [-0.25, -0.2) is 4.98 Å². The molecule has 2 N–H and O–H groups in total. The third-order valence-electron chi connectivity index (χ3n) is 4.22. The zero-order valence-corrected chi connectivity index (χ0v) is 15.7. The molecular formula is C20H24N4S. The lowest BCUT2D eigenvalue weighted by atomic mass is 10.00. The van der Waals surface area contributed by atoms with E-state index in [1.807, 2.05) is 6.20 Å². The van der Waals surface area contributed by atoms with Crippen LogP contribution >= 0.6 is 11.3 Å². The van der Waals surface area contributed by atoms with Gasteiger partial charge in [0.15, 0.2) is 5.96 Å². The van der Waals surface area contributed by atoms with Crippen molar-refractivity contribution in [1.29, 1.82) is 0 Å². The Kier molecular flexibility index (Phi) is 5.66.